The molecule has 1 unspecified atom stereocenters. The first-order valence-electron chi connectivity index (χ1n) is 6.17. The van der Waals surface area contributed by atoms with Crippen LogP contribution in [-0.4, -0.2) is 10.1 Å². The van der Waals surface area contributed by atoms with E-state index in [0.717, 1.165) is 27.7 Å². The summed E-state index contributed by atoms with van der Waals surface area (Å²) < 4.78 is 0.933. The van der Waals surface area contributed by atoms with Gasteiger partial charge in [-0.1, -0.05) is 46.6 Å². The van der Waals surface area contributed by atoms with Gasteiger partial charge in [0.15, 0.2) is 0 Å². The summed E-state index contributed by atoms with van der Waals surface area (Å²) in [6.45, 7) is 2.06. The third kappa shape index (κ3) is 3.56. The van der Waals surface area contributed by atoms with E-state index in [2.05, 4.69) is 27.8 Å². The lowest BCUT2D eigenvalue weighted by molar-refractivity contribution is 0.172. The number of halogens is 2. The van der Waals surface area contributed by atoms with E-state index >= 15 is 0 Å². The van der Waals surface area contributed by atoms with Crippen LogP contribution in [0.25, 0.3) is 0 Å². The van der Waals surface area contributed by atoms with Crippen molar-refractivity contribution in [3.8, 4) is 0 Å². The Morgan fingerprint density at radius 2 is 2.11 bits per heavy atom. The number of aryl methyl sites for hydroxylation is 1. The lowest BCUT2D eigenvalue weighted by atomic mass is 10.0. The Bertz CT molecular complexity index is 574. The number of hydrogen-bond donors (Lipinski definition) is 1. The Kier molecular flexibility index (Phi) is 4.97. The van der Waals surface area contributed by atoms with Crippen molar-refractivity contribution in [2.75, 3.05) is 0 Å². The topological polar surface area (TPSA) is 33.1 Å². The zero-order valence-electron chi connectivity index (χ0n) is 10.6. The van der Waals surface area contributed by atoms with Gasteiger partial charge >= 0.3 is 0 Å². The quantitative estimate of drug-likeness (QED) is 0.898. The number of aliphatic hydroxyl groups excluding tert-OH is 1. The third-order valence-corrected chi connectivity index (χ3v) is 3.90. The van der Waals surface area contributed by atoms with Gasteiger partial charge in [0.1, 0.15) is 6.10 Å². The van der Waals surface area contributed by atoms with Crippen molar-refractivity contribution in [3.63, 3.8) is 0 Å². The molecule has 0 fully saturated rings. The number of aromatic nitrogens is 1. The fraction of sp³-hybridized carbons (Fsp3) is 0.267. The molecule has 0 spiro atoms. The minimum absolute atomic E-state index is 0.468. The number of rotatable bonds is 4. The minimum Gasteiger partial charge on any atom is -0.386 e. The Morgan fingerprint density at radius 3 is 2.79 bits per heavy atom. The summed E-state index contributed by atoms with van der Waals surface area (Å²) >= 11 is 9.54. The summed E-state index contributed by atoms with van der Waals surface area (Å²) in [6, 6.07) is 9.57. The molecule has 1 atom stereocenters. The molecule has 0 aliphatic heterocycles. The predicted octanol–water partition coefficient (Wildman–Crippen LogP) is 4.34. The molecular formula is C15H15BrClNO. The summed E-state index contributed by atoms with van der Waals surface area (Å²) in [7, 11) is 0. The maximum Gasteiger partial charge on any atom is 0.100 e. The molecule has 0 radical (unpaired) electrons. The molecule has 0 aliphatic rings. The largest absolute Gasteiger partial charge is 0.386 e. The Morgan fingerprint density at radius 1 is 1.32 bits per heavy atom. The number of hydrogen-bond acceptors (Lipinski definition) is 2. The van der Waals surface area contributed by atoms with Crippen LogP contribution in [0, 0.1) is 0 Å². The summed E-state index contributed by atoms with van der Waals surface area (Å²) in [5.41, 5.74) is 2.73. The van der Waals surface area contributed by atoms with Gasteiger partial charge in [-0.3, -0.25) is 4.98 Å². The van der Waals surface area contributed by atoms with Gasteiger partial charge in [0, 0.05) is 22.1 Å². The molecule has 1 aromatic heterocycles. The van der Waals surface area contributed by atoms with Crippen LogP contribution in [0.15, 0.2) is 41.0 Å². The van der Waals surface area contributed by atoms with Crippen LogP contribution in [0.2, 0.25) is 5.02 Å². The first-order valence-corrected chi connectivity index (χ1v) is 7.34. The fourth-order valence-corrected chi connectivity index (χ4v) is 2.79. The highest BCUT2D eigenvalue weighted by Gasteiger charge is 2.15. The predicted molar refractivity (Wildman–Crippen MR) is 81.4 cm³/mol. The van der Waals surface area contributed by atoms with Crippen molar-refractivity contribution in [2.24, 2.45) is 0 Å². The van der Waals surface area contributed by atoms with Crippen molar-refractivity contribution in [3.05, 3.63) is 62.8 Å². The number of nitrogens with zero attached hydrogens (tertiary/aromatic N) is 1. The number of pyridine rings is 1. The molecule has 0 amide bonds. The van der Waals surface area contributed by atoms with Crippen molar-refractivity contribution >= 4 is 27.5 Å². The maximum atomic E-state index is 10.3. The van der Waals surface area contributed by atoms with Crippen LogP contribution in [0.3, 0.4) is 0 Å². The van der Waals surface area contributed by atoms with Crippen LogP contribution >= 0.6 is 27.5 Å². The van der Waals surface area contributed by atoms with Gasteiger partial charge in [-0.2, -0.15) is 0 Å². The van der Waals surface area contributed by atoms with E-state index in [1.807, 2.05) is 30.3 Å². The highest BCUT2D eigenvalue weighted by atomic mass is 79.9. The third-order valence-electron chi connectivity index (χ3n) is 3.05. The first-order chi connectivity index (χ1) is 9.11. The minimum atomic E-state index is -0.630. The van der Waals surface area contributed by atoms with Gasteiger partial charge < -0.3 is 5.11 Å². The molecule has 2 rings (SSSR count). The van der Waals surface area contributed by atoms with Crippen molar-refractivity contribution < 1.29 is 5.11 Å². The van der Waals surface area contributed by atoms with E-state index in [4.69, 9.17) is 11.6 Å². The van der Waals surface area contributed by atoms with E-state index in [-0.39, 0.29) is 0 Å². The second-order valence-corrected chi connectivity index (χ2v) is 5.68. The Balaban J connectivity index is 2.23. The van der Waals surface area contributed by atoms with E-state index in [1.165, 1.54) is 0 Å². The van der Waals surface area contributed by atoms with Gasteiger partial charge in [-0.25, -0.2) is 0 Å². The molecule has 100 valence electrons. The average molecular weight is 341 g/mol. The zero-order valence-corrected chi connectivity index (χ0v) is 12.9. The molecule has 0 saturated heterocycles. The van der Waals surface area contributed by atoms with E-state index in [0.29, 0.717) is 11.4 Å². The average Bonchev–Trinajstić information content (AvgIpc) is 2.41. The summed E-state index contributed by atoms with van der Waals surface area (Å²) in [6.07, 6.45) is 2.40. The molecular weight excluding hydrogens is 326 g/mol. The molecule has 0 bridgehead atoms. The van der Waals surface area contributed by atoms with Crippen LogP contribution in [0.4, 0.5) is 0 Å². The normalized spacial score (nSPS) is 12.4. The van der Waals surface area contributed by atoms with Gasteiger partial charge in [0.2, 0.25) is 0 Å². The van der Waals surface area contributed by atoms with Crippen molar-refractivity contribution in [2.45, 2.75) is 25.9 Å². The van der Waals surface area contributed by atoms with E-state index in [1.54, 1.807) is 6.20 Å². The molecule has 0 saturated carbocycles. The highest BCUT2D eigenvalue weighted by molar-refractivity contribution is 9.10. The molecule has 2 aromatic rings. The SMILES string of the molecule is CCc1cccnc1C(O)Cc1ccc(Br)cc1Cl. The standard InChI is InChI=1S/C15H15BrClNO/c1-2-10-4-3-7-18-15(10)14(19)8-11-5-6-12(16)9-13(11)17/h3-7,9,14,19H,2,8H2,1H3. The van der Waals surface area contributed by atoms with E-state index in [9.17, 15) is 5.11 Å². The zero-order chi connectivity index (χ0) is 13.8. The number of aliphatic hydroxyl groups is 1. The first kappa shape index (κ1) is 14.5. The molecule has 1 N–H and O–H groups in total. The smallest absolute Gasteiger partial charge is 0.100 e. The molecule has 1 heterocycles. The van der Waals surface area contributed by atoms with Gasteiger partial charge in [-0.05, 0) is 35.7 Å². The Labute approximate surface area is 126 Å². The van der Waals surface area contributed by atoms with E-state index < -0.39 is 6.10 Å². The van der Waals surface area contributed by atoms with Crippen LogP contribution in [0.1, 0.15) is 29.8 Å². The molecule has 19 heavy (non-hydrogen) atoms. The monoisotopic (exact) mass is 339 g/mol. The molecule has 2 nitrogen and oxygen atoms in total. The fourth-order valence-electron chi connectivity index (χ4n) is 2.04. The highest BCUT2D eigenvalue weighted by Crippen LogP contribution is 2.26. The van der Waals surface area contributed by atoms with Crippen molar-refractivity contribution in [1.82, 2.24) is 4.98 Å². The van der Waals surface area contributed by atoms with Crippen LogP contribution in [-0.2, 0) is 12.8 Å². The van der Waals surface area contributed by atoms with Gasteiger partial charge in [-0.15, -0.1) is 0 Å². The molecule has 1 aromatic carbocycles. The Hall–Kier alpha value is -0.900. The van der Waals surface area contributed by atoms with Crippen LogP contribution < -0.4 is 0 Å². The summed E-state index contributed by atoms with van der Waals surface area (Å²) in [5.74, 6) is 0. The summed E-state index contributed by atoms with van der Waals surface area (Å²) in [5, 5.41) is 11.0. The summed E-state index contributed by atoms with van der Waals surface area (Å²) in [4.78, 5) is 4.29. The van der Waals surface area contributed by atoms with Crippen molar-refractivity contribution in [1.29, 1.82) is 0 Å². The lowest BCUT2D eigenvalue weighted by Gasteiger charge is -2.14. The molecule has 4 heteroatoms. The maximum absolute atomic E-state index is 10.3. The van der Waals surface area contributed by atoms with Crippen LogP contribution in [0.5, 0.6) is 0 Å². The lowest BCUT2D eigenvalue weighted by Crippen LogP contribution is -2.07. The second-order valence-electron chi connectivity index (χ2n) is 4.36. The van der Waals surface area contributed by atoms with Gasteiger partial charge in [0.25, 0.3) is 0 Å². The molecule has 0 aliphatic carbocycles. The second kappa shape index (κ2) is 6.51. The van der Waals surface area contributed by atoms with Gasteiger partial charge in [0.05, 0.1) is 5.69 Å². The number of benzene rings is 1.